The Kier molecular flexibility index (Phi) is 7.27. The Labute approximate surface area is 214 Å². The van der Waals surface area contributed by atoms with Crippen molar-refractivity contribution in [3.63, 3.8) is 0 Å². The number of nitrogens with zero attached hydrogens (tertiary/aromatic N) is 1. The van der Waals surface area contributed by atoms with Crippen LogP contribution < -0.4 is 19.8 Å². The maximum Gasteiger partial charge on any atom is 0.262 e. The first kappa shape index (κ1) is 25.9. The van der Waals surface area contributed by atoms with Crippen molar-refractivity contribution in [1.82, 2.24) is 4.90 Å². The van der Waals surface area contributed by atoms with Crippen LogP contribution in [0.4, 0.5) is 0 Å². The molecule has 1 heterocycles. The maximum absolute atomic E-state index is 13.5. The highest BCUT2D eigenvalue weighted by molar-refractivity contribution is 6.99. The van der Waals surface area contributed by atoms with Gasteiger partial charge < -0.3 is 23.5 Å². The van der Waals surface area contributed by atoms with Crippen molar-refractivity contribution in [3.8, 4) is 11.5 Å². The lowest BCUT2D eigenvalue weighted by molar-refractivity contribution is -0.0843. The number of fused-ring (bicyclic) bond motifs is 1. The zero-order valence-corrected chi connectivity index (χ0v) is 23.1. The molecule has 7 heteroatoms. The first-order valence-corrected chi connectivity index (χ1v) is 14.0. The first-order valence-electron chi connectivity index (χ1n) is 12.0. The Morgan fingerprint density at radius 1 is 0.806 bits per heavy atom. The monoisotopic (exact) mass is 505 g/mol. The summed E-state index contributed by atoms with van der Waals surface area (Å²) < 4.78 is 24.6. The minimum Gasteiger partial charge on any atom is -0.493 e. The van der Waals surface area contributed by atoms with E-state index in [9.17, 15) is 4.79 Å². The molecule has 0 bridgehead atoms. The van der Waals surface area contributed by atoms with E-state index in [2.05, 4.69) is 69.3 Å². The predicted molar refractivity (Wildman–Crippen MR) is 144 cm³/mol. The molecule has 6 nitrogen and oxygen atoms in total. The van der Waals surface area contributed by atoms with Crippen LogP contribution >= 0.6 is 0 Å². The number of hydrogen-bond acceptors (Lipinski definition) is 5. The second-order valence-electron chi connectivity index (χ2n) is 10.0. The highest BCUT2D eigenvalue weighted by atomic mass is 28.4. The van der Waals surface area contributed by atoms with Crippen molar-refractivity contribution in [2.24, 2.45) is 0 Å². The molecule has 1 amide bonds. The van der Waals surface area contributed by atoms with Crippen molar-refractivity contribution >= 4 is 24.6 Å². The number of benzene rings is 3. The molecular weight excluding hydrogens is 470 g/mol. The van der Waals surface area contributed by atoms with Crippen molar-refractivity contribution in [1.29, 1.82) is 0 Å². The van der Waals surface area contributed by atoms with Crippen LogP contribution in [0.5, 0.6) is 11.5 Å². The summed E-state index contributed by atoms with van der Waals surface area (Å²) in [7, 11) is 3.51. The van der Waals surface area contributed by atoms with Crippen LogP contribution in [0.2, 0.25) is 5.04 Å². The Morgan fingerprint density at radius 3 is 1.81 bits per heavy atom. The molecule has 36 heavy (non-hydrogen) atoms. The zero-order chi connectivity index (χ0) is 26.1. The molecule has 0 radical (unpaired) electrons. The number of rotatable bonds is 7. The van der Waals surface area contributed by atoms with Gasteiger partial charge in [0, 0.05) is 19.7 Å². The third kappa shape index (κ3) is 4.11. The van der Waals surface area contributed by atoms with Crippen molar-refractivity contribution < 1.29 is 23.4 Å². The van der Waals surface area contributed by atoms with Crippen molar-refractivity contribution in [2.45, 2.75) is 38.1 Å². The van der Waals surface area contributed by atoms with Gasteiger partial charge in [0.05, 0.1) is 19.8 Å². The molecule has 0 unspecified atom stereocenters. The highest BCUT2D eigenvalue weighted by Gasteiger charge is 2.54. The average Bonchev–Trinajstić information content (AvgIpc) is 2.89. The lowest BCUT2D eigenvalue weighted by atomic mass is 9.94. The summed E-state index contributed by atoms with van der Waals surface area (Å²) in [5, 5.41) is 2.06. The number of carbonyl (C=O) groups excluding carboxylic acids is 1. The van der Waals surface area contributed by atoms with Crippen LogP contribution in [-0.2, 0) is 9.16 Å². The minimum absolute atomic E-state index is 0.199. The van der Waals surface area contributed by atoms with Gasteiger partial charge >= 0.3 is 0 Å². The normalized spacial score (nSPS) is 18.1. The summed E-state index contributed by atoms with van der Waals surface area (Å²) >= 11 is 0. The second kappa shape index (κ2) is 10.1. The standard InChI is InChI=1S/C29H35NO5Si/c1-29(2,3)36(20-14-10-8-11-15-20,21-16-12-9-13-17-21)35-25-22-18-19-23(32-5)26(33-6)24(22)27(31)30(4)28(25)34-7/h8-19,25,28H,1-7H3/t25-,28+/m0/s1. The van der Waals surface area contributed by atoms with E-state index in [4.69, 9.17) is 18.6 Å². The highest BCUT2D eigenvalue weighted by Crippen LogP contribution is 2.46. The summed E-state index contributed by atoms with van der Waals surface area (Å²) in [5.41, 5.74) is 1.17. The van der Waals surface area contributed by atoms with E-state index in [0.29, 0.717) is 17.1 Å². The van der Waals surface area contributed by atoms with Crippen LogP contribution in [0.25, 0.3) is 0 Å². The summed E-state index contributed by atoms with van der Waals surface area (Å²) in [4.78, 5) is 15.1. The van der Waals surface area contributed by atoms with Gasteiger partial charge in [-0.3, -0.25) is 4.79 Å². The smallest absolute Gasteiger partial charge is 0.262 e. The zero-order valence-electron chi connectivity index (χ0n) is 22.1. The minimum atomic E-state index is -2.95. The molecule has 0 fully saturated rings. The molecule has 0 aromatic heterocycles. The van der Waals surface area contributed by atoms with Crippen molar-refractivity contribution in [3.05, 3.63) is 83.9 Å². The number of ether oxygens (including phenoxy) is 3. The second-order valence-corrected chi connectivity index (χ2v) is 14.3. The van der Waals surface area contributed by atoms with E-state index in [0.717, 1.165) is 15.9 Å². The fourth-order valence-corrected chi connectivity index (χ4v) is 9.97. The molecule has 0 N–H and O–H groups in total. The number of methoxy groups -OCH3 is 3. The van der Waals surface area contributed by atoms with E-state index in [-0.39, 0.29) is 10.9 Å². The van der Waals surface area contributed by atoms with Crippen molar-refractivity contribution in [2.75, 3.05) is 28.4 Å². The molecular formula is C29H35NO5Si. The van der Waals surface area contributed by atoms with Gasteiger partial charge in [-0.15, -0.1) is 0 Å². The fraction of sp³-hybridized carbons (Fsp3) is 0.345. The summed E-state index contributed by atoms with van der Waals surface area (Å²) in [6, 6.07) is 24.6. The molecule has 0 saturated carbocycles. The molecule has 4 rings (SSSR count). The number of hydrogen-bond donors (Lipinski definition) is 0. The Balaban J connectivity index is 2.02. The third-order valence-electron chi connectivity index (χ3n) is 7.02. The number of amides is 1. The SMILES string of the molecule is COc1ccc2c(c1OC)C(=O)N(C)[C@H](OC)[C@H]2O[Si](c1ccccc1)(c1ccccc1)C(C)(C)C. The summed E-state index contributed by atoms with van der Waals surface area (Å²) in [6.45, 7) is 6.69. The molecule has 3 aromatic carbocycles. The summed E-state index contributed by atoms with van der Waals surface area (Å²) in [5.74, 6) is 0.699. The molecule has 0 aliphatic carbocycles. The molecule has 1 aliphatic heterocycles. The van der Waals surface area contributed by atoms with Gasteiger partial charge in [-0.1, -0.05) is 87.5 Å². The van der Waals surface area contributed by atoms with Gasteiger partial charge in [0.2, 0.25) is 0 Å². The van der Waals surface area contributed by atoms with Gasteiger partial charge in [-0.2, -0.15) is 0 Å². The van der Waals surface area contributed by atoms with E-state index in [1.807, 2.05) is 24.3 Å². The predicted octanol–water partition coefficient (Wildman–Crippen LogP) is 4.38. The summed E-state index contributed by atoms with van der Waals surface area (Å²) in [6.07, 6.45) is -1.18. The third-order valence-corrected chi connectivity index (χ3v) is 12.0. The fourth-order valence-electron chi connectivity index (χ4n) is 5.33. The molecule has 1 aliphatic rings. The first-order chi connectivity index (χ1) is 17.2. The molecule has 2 atom stereocenters. The van der Waals surface area contributed by atoms with Gasteiger partial charge in [-0.25, -0.2) is 0 Å². The Hall–Kier alpha value is -3.13. The van der Waals surface area contributed by atoms with Crippen LogP contribution in [0, 0.1) is 0 Å². The van der Waals surface area contributed by atoms with Gasteiger partial charge in [-0.05, 0) is 21.5 Å². The number of carbonyl (C=O) groups is 1. The van der Waals surface area contributed by atoms with Crippen LogP contribution in [0.1, 0.15) is 42.8 Å². The van der Waals surface area contributed by atoms with Crippen LogP contribution in [-0.4, -0.2) is 53.7 Å². The quantitative estimate of drug-likeness (QED) is 0.446. The molecule has 190 valence electrons. The molecule has 0 saturated heterocycles. The van der Waals surface area contributed by atoms with Gasteiger partial charge in [0.1, 0.15) is 6.10 Å². The lowest BCUT2D eigenvalue weighted by Gasteiger charge is -2.48. The van der Waals surface area contributed by atoms with Gasteiger partial charge in [0.15, 0.2) is 17.7 Å². The maximum atomic E-state index is 13.5. The Bertz CT molecular complexity index is 1170. The number of likely N-dealkylation sites (N-methyl/N-ethyl adjacent to an activating group) is 1. The van der Waals surface area contributed by atoms with Crippen LogP contribution in [0.3, 0.4) is 0 Å². The lowest BCUT2D eigenvalue weighted by Crippen LogP contribution is -2.68. The Morgan fingerprint density at radius 2 is 1.36 bits per heavy atom. The topological polar surface area (TPSA) is 57.2 Å². The molecule has 0 spiro atoms. The average molecular weight is 506 g/mol. The van der Waals surface area contributed by atoms with Crippen LogP contribution in [0.15, 0.2) is 72.8 Å². The largest absolute Gasteiger partial charge is 0.493 e. The van der Waals surface area contributed by atoms with E-state index >= 15 is 0 Å². The molecule has 3 aromatic rings. The van der Waals surface area contributed by atoms with E-state index < -0.39 is 20.6 Å². The van der Waals surface area contributed by atoms with E-state index in [1.165, 1.54) is 0 Å². The van der Waals surface area contributed by atoms with E-state index in [1.54, 1.807) is 33.3 Å². The van der Waals surface area contributed by atoms with Gasteiger partial charge in [0.25, 0.3) is 14.2 Å².